The van der Waals surface area contributed by atoms with Crippen LogP contribution in [0.25, 0.3) is 11.0 Å². The van der Waals surface area contributed by atoms with Crippen molar-refractivity contribution < 1.29 is 9.53 Å². The Balaban J connectivity index is 1.93. The van der Waals surface area contributed by atoms with Crippen LogP contribution in [0.1, 0.15) is 29.1 Å². The van der Waals surface area contributed by atoms with Crippen molar-refractivity contribution in [3.05, 3.63) is 53.6 Å². The fourth-order valence-corrected chi connectivity index (χ4v) is 2.26. The predicted octanol–water partition coefficient (Wildman–Crippen LogP) is 3.15. The van der Waals surface area contributed by atoms with Crippen molar-refractivity contribution >= 4 is 17.3 Å². The molecule has 0 fully saturated rings. The van der Waals surface area contributed by atoms with Gasteiger partial charge in [0.15, 0.2) is 12.5 Å². The number of para-hydroxylation sites is 1. The molecule has 0 spiro atoms. The summed E-state index contributed by atoms with van der Waals surface area (Å²) in [5.41, 5.74) is 3.26. The van der Waals surface area contributed by atoms with Crippen LogP contribution in [0, 0.1) is 6.92 Å². The average molecular weight is 281 g/mol. The fourth-order valence-electron chi connectivity index (χ4n) is 2.26. The highest BCUT2D eigenvalue weighted by Crippen LogP contribution is 2.24. The number of aromatic nitrogens is 3. The number of benzene rings is 2. The summed E-state index contributed by atoms with van der Waals surface area (Å²) >= 11 is 0. The predicted molar refractivity (Wildman–Crippen MR) is 79.4 cm³/mol. The third-order valence-corrected chi connectivity index (χ3v) is 3.31. The number of carbonyl (C=O) groups is 1. The number of carbonyl (C=O) groups excluding carboxylic acids is 1. The SMILES string of the molecule is Cc1ccc(OC(C)n2nnc3ccccc32)c(C=O)c1. The Morgan fingerprint density at radius 1 is 1.24 bits per heavy atom. The molecule has 5 heteroatoms. The van der Waals surface area contributed by atoms with Crippen molar-refractivity contribution in [1.29, 1.82) is 0 Å². The molecule has 1 unspecified atom stereocenters. The third-order valence-electron chi connectivity index (χ3n) is 3.31. The fraction of sp³-hybridized carbons (Fsp3) is 0.188. The van der Waals surface area contributed by atoms with Gasteiger partial charge in [-0.25, -0.2) is 4.68 Å². The topological polar surface area (TPSA) is 57.0 Å². The molecule has 3 aromatic rings. The van der Waals surface area contributed by atoms with Crippen LogP contribution in [0.3, 0.4) is 0 Å². The van der Waals surface area contributed by atoms with Crippen LogP contribution in [-0.2, 0) is 0 Å². The first-order chi connectivity index (χ1) is 10.2. The van der Waals surface area contributed by atoms with Crippen molar-refractivity contribution in [1.82, 2.24) is 15.0 Å². The molecule has 0 aliphatic rings. The lowest BCUT2D eigenvalue weighted by molar-refractivity contribution is 0.110. The van der Waals surface area contributed by atoms with Gasteiger partial charge in [-0.05, 0) is 38.1 Å². The van der Waals surface area contributed by atoms with Crippen LogP contribution in [0.5, 0.6) is 5.75 Å². The van der Waals surface area contributed by atoms with Gasteiger partial charge in [0.05, 0.1) is 11.1 Å². The van der Waals surface area contributed by atoms with E-state index in [0.29, 0.717) is 11.3 Å². The molecule has 106 valence electrons. The monoisotopic (exact) mass is 281 g/mol. The molecule has 0 saturated heterocycles. The Morgan fingerprint density at radius 2 is 2.05 bits per heavy atom. The van der Waals surface area contributed by atoms with Gasteiger partial charge in [0, 0.05) is 0 Å². The van der Waals surface area contributed by atoms with Crippen molar-refractivity contribution in [3.8, 4) is 5.75 Å². The minimum atomic E-state index is -0.362. The highest BCUT2D eigenvalue weighted by Gasteiger charge is 2.14. The summed E-state index contributed by atoms with van der Waals surface area (Å²) in [7, 11) is 0. The van der Waals surface area contributed by atoms with Crippen LogP contribution in [0.4, 0.5) is 0 Å². The van der Waals surface area contributed by atoms with Crippen molar-refractivity contribution in [2.75, 3.05) is 0 Å². The Labute approximate surface area is 122 Å². The molecule has 0 radical (unpaired) electrons. The molecule has 0 amide bonds. The van der Waals surface area contributed by atoms with Gasteiger partial charge in [-0.1, -0.05) is 29.0 Å². The molecule has 3 rings (SSSR count). The first-order valence-corrected chi connectivity index (χ1v) is 6.71. The van der Waals surface area contributed by atoms with Gasteiger partial charge in [0.1, 0.15) is 11.3 Å². The summed E-state index contributed by atoms with van der Waals surface area (Å²) in [6, 6.07) is 13.2. The Bertz CT molecular complexity index is 795. The smallest absolute Gasteiger partial charge is 0.191 e. The van der Waals surface area contributed by atoms with E-state index in [1.54, 1.807) is 16.8 Å². The van der Waals surface area contributed by atoms with Crippen LogP contribution in [-0.4, -0.2) is 21.3 Å². The first-order valence-electron chi connectivity index (χ1n) is 6.71. The summed E-state index contributed by atoms with van der Waals surface area (Å²) in [6.45, 7) is 3.81. The molecular weight excluding hydrogens is 266 g/mol. The molecule has 1 heterocycles. The normalized spacial score (nSPS) is 12.3. The maximum atomic E-state index is 11.1. The van der Waals surface area contributed by atoms with E-state index in [9.17, 15) is 4.79 Å². The van der Waals surface area contributed by atoms with E-state index in [-0.39, 0.29) is 6.23 Å². The number of aryl methyl sites for hydroxylation is 1. The van der Waals surface area contributed by atoms with E-state index in [2.05, 4.69) is 10.3 Å². The second kappa shape index (κ2) is 5.36. The Kier molecular flexibility index (Phi) is 3.39. The lowest BCUT2D eigenvalue weighted by Gasteiger charge is -2.16. The summed E-state index contributed by atoms with van der Waals surface area (Å²) in [6.07, 6.45) is 0.438. The maximum Gasteiger partial charge on any atom is 0.191 e. The summed E-state index contributed by atoms with van der Waals surface area (Å²) in [5.74, 6) is 0.544. The van der Waals surface area contributed by atoms with E-state index in [1.807, 2.05) is 44.2 Å². The van der Waals surface area contributed by atoms with Gasteiger partial charge in [-0.2, -0.15) is 0 Å². The second-order valence-corrected chi connectivity index (χ2v) is 4.90. The summed E-state index contributed by atoms with van der Waals surface area (Å²) in [4.78, 5) is 11.1. The number of hydrogen-bond donors (Lipinski definition) is 0. The third kappa shape index (κ3) is 2.50. The quantitative estimate of drug-likeness (QED) is 0.689. The van der Waals surface area contributed by atoms with Crippen LogP contribution in [0.15, 0.2) is 42.5 Å². The van der Waals surface area contributed by atoms with E-state index in [0.717, 1.165) is 22.9 Å². The molecule has 0 aliphatic heterocycles. The molecule has 5 nitrogen and oxygen atoms in total. The second-order valence-electron chi connectivity index (χ2n) is 4.90. The van der Waals surface area contributed by atoms with Crippen molar-refractivity contribution in [2.24, 2.45) is 0 Å². The van der Waals surface area contributed by atoms with E-state index in [1.165, 1.54) is 0 Å². The minimum Gasteiger partial charge on any atom is -0.468 e. The molecule has 1 atom stereocenters. The van der Waals surface area contributed by atoms with Gasteiger partial charge in [0.25, 0.3) is 0 Å². The van der Waals surface area contributed by atoms with Gasteiger partial charge in [-0.15, -0.1) is 5.10 Å². The Morgan fingerprint density at radius 3 is 2.86 bits per heavy atom. The van der Waals surface area contributed by atoms with Gasteiger partial charge in [0.2, 0.25) is 0 Å². The number of aldehydes is 1. The Hall–Kier alpha value is -2.69. The standard InChI is InChI=1S/C16H15N3O2/c1-11-7-8-16(13(9-11)10-20)21-12(2)19-15-6-4-3-5-14(15)17-18-19/h3-10,12H,1-2H3. The van der Waals surface area contributed by atoms with Gasteiger partial charge < -0.3 is 4.74 Å². The van der Waals surface area contributed by atoms with Crippen molar-refractivity contribution in [3.63, 3.8) is 0 Å². The zero-order chi connectivity index (χ0) is 14.8. The van der Waals surface area contributed by atoms with Gasteiger partial charge in [-0.3, -0.25) is 4.79 Å². The van der Waals surface area contributed by atoms with E-state index < -0.39 is 0 Å². The largest absolute Gasteiger partial charge is 0.468 e. The summed E-state index contributed by atoms with van der Waals surface area (Å²) in [5, 5.41) is 8.22. The average Bonchev–Trinajstić information content (AvgIpc) is 2.93. The number of nitrogens with zero attached hydrogens (tertiary/aromatic N) is 3. The van der Waals surface area contributed by atoms with Gasteiger partial charge >= 0.3 is 0 Å². The molecule has 1 aromatic heterocycles. The molecule has 2 aromatic carbocycles. The highest BCUT2D eigenvalue weighted by molar-refractivity contribution is 5.79. The molecule has 0 saturated carbocycles. The lowest BCUT2D eigenvalue weighted by Crippen LogP contribution is -2.14. The number of ether oxygens (including phenoxy) is 1. The maximum absolute atomic E-state index is 11.1. The van der Waals surface area contributed by atoms with Crippen LogP contribution < -0.4 is 4.74 Å². The van der Waals surface area contributed by atoms with E-state index in [4.69, 9.17) is 4.74 Å². The van der Waals surface area contributed by atoms with Crippen molar-refractivity contribution in [2.45, 2.75) is 20.1 Å². The van der Waals surface area contributed by atoms with Crippen LogP contribution in [0.2, 0.25) is 0 Å². The minimum absolute atomic E-state index is 0.362. The zero-order valence-electron chi connectivity index (χ0n) is 11.9. The number of fused-ring (bicyclic) bond motifs is 1. The highest BCUT2D eigenvalue weighted by atomic mass is 16.5. The molecule has 21 heavy (non-hydrogen) atoms. The molecule has 0 bridgehead atoms. The molecule has 0 N–H and O–H groups in total. The van der Waals surface area contributed by atoms with Crippen LogP contribution >= 0.6 is 0 Å². The summed E-state index contributed by atoms with van der Waals surface area (Å²) < 4.78 is 7.57. The number of hydrogen-bond acceptors (Lipinski definition) is 4. The van der Waals surface area contributed by atoms with E-state index >= 15 is 0 Å². The lowest BCUT2D eigenvalue weighted by atomic mass is 10.1. The first kappa shape index (κ1) is 13.3. The molecular formula is C16H15N3O2. The number of rotatable bonds is 4. The zero-order valence-corrected chi connectivity index (χ0v) is 11.9. The molecule has 0 aliphatic carbocycles.